The average Bonchev–Trinajstić information content (AvgIpc) is 2.75. The molecule has 0 aromatic heterocycles. The fourth-order valence-corrected chi connectivity index (χ4v) is 3.44. The van der Waals surface area contributed by atoms with E-state index in [0.29, 0.717) is 31.0 Å². The second-order valence-electron chi connectivity index (χ2n) is 6.83. The molecule has 0 fully saturated rings. The van der Waals surface area contributed by atoms with Crippen molar-refractivity contribution in [2.24, 2.45) is 0 Å². The number of nitrogens with zero attached hydrogens (tertiary/aromatic N) is 1. The SMILES string of the molecule is COc1ccc(CNC(=O)N2CCc3cc(OC)c(OC)cc3C2)c(C(F)(F)F)c1. The van der Waals surface area contributed by atoms with E-state index < -0.39 is 17.8 Å². The van der Waals surface area contributed by atoms with Crippen molar-refractivity contribution in [3.8, 4) is 17.2 Å². The summed E-state index contributed by atoms with van der Waals surface area (Å²) in [6.07, 6.45) is -3.94. The standard InChI is InChI=1S/C21H23F3N2O4/c1-28-16-5-4-14(17(10-16)21(22,23)24)11-25-20(27)26-7-6-13-8-18(29-2)19(30-3)9-15(13)12-26/h4-5,8-10H,6-7,11-12H2,1-3H3,(H,25,27). The molecule has 1 heterocycles. The molecule has 3 rings (SSSR count). The van der Waals surface area contributed by atoms with Crippen LogP contribution >= 0.6 is 0 Å². The number of amides is 2. The number of benzene rings is 2. The van der Waals surface area contributed by atoms with Gasteiger partial charge in [-0.05, 0) is 47.4 Å². The Morgan fingerprint density at radius 1 is 1.03 bits per heavy atom. The number of halogens is 3. The zero-order valence-corrected chi connectivity index (χ0v) is 16.9. The van der Waals surface area contributed by atoms with E-state index in [0.717, 1.165) is 17.2 Å². The third-order valence-electron chi connectivity index (χ3n) is 5.06. The van der Waals surface area contributed by atoms with Crippen LogP contribution in [-0.4, -0.2) is 38.8 Å². The zero-order valence-electron chi connectivity index (χ0n) is 16.9. The number of carbonyl (C=O) groups is 1. The van der Waals surface area contributed by atoms with E-state index in [1.54, 1.807) is 12.0 Å². The predicted molar refractivity (Wildman–Crippen MR) is 104 cm³/mol. The van der Waals surface area contributed by atoms with Gasteiger partial charge in [0.25, 0.3) is 0 Å². The summed E-state index contributed by atoms with van der Waals surface area (Å²) in [7, 11) is 4.39. The van der Waals surface area contributed by atoms with Crippen LogP contribution in [0.2, 0.25) is 0 Å². The van der Waals surface area contributed by atoms with E-state index in [-0.39, 0.29) is 17.9 Å². The lowest BCUT2D eigenvalue weighted by molar-refractivity contribution is -0.138. The van der Waals surface area contributed by atoms with Gasteiger partial charge in [-0.3, -0.25) is 0 Å². The zero-order chi connectivity index (χ0) is 21.9. The quantitative estimate of drug-likeness (QED) is 0.788. The van der Waals surface area contributed by atoms with Gasteiger partial charge in [-0.1, -0.05) is 6.07 Å². The minimum absolute atomic E-state index is 0.0273. The summed E-state index contributed by atoms with van der Waals surface area (Å²) in [5.41, 5.74) is 1.10. The van der Waals surface area contributed by atoms with Crippen molar-refractivity contribution in [2.75, 3.05) is 27.9 Å². The summed E-state index contributed by atoms with van der Waals surface area (Å²) in [6, 6.07) is 6.95. The van der Waals surface area contributed by atoms with E-state index in [1.807, 2.05) is 12.1 Å². The van der Waals surface area contributed by atoms with E-state index in [4.69, 9.17) is 14.2 Å². The summed E-state index contributed by atoms with van der Waals surface area (Å²) in [5, 5.41) is 2.59. The summed E-state index contributed by atoms with van der Waals surface area (Å²) in [5.74, 6) is 1.29. The number of fused-ring (bicyclic) bond motifs is 1. The van der Waals surface area contributed by atoms with Crippen LogP contribution in [0.3, 0.4) is 0 Å². The van der Waals surface area contributed by atoms with Crippen molar-refractivity contribution in [1.82, 2.24) is 10.2 Å². The predicted octanol–water partition coefficient (Wildman–Crippen LogP) is 4.00. The Bertz CT molecular complexity index is 931. The van der Waals surface area contributed by atoms with Gasteiger partial charge in [0.1, 0.15) is 5.75 Å². The number of alkyl halides is 3. The van der Waals surface area contributed by atoms with Gasteiger partial charge in [0.15, 0.2) is 11.5 Å². The molecule has 0 radical (unpaired) electrons. The lowest BCUT2D eigenvalue weighted by Crippen LogP contribution is -2.42. The number of methoxy groups -OCH3 is 3. The van der Waals surface area contributed by atoms with Gasteiger partial charge in [0.05, 0.1) is 26.9 Å². The van der Waals surface area contributed by atoms with Crippen molar-refractivity contribution in [1.29, 1.82) is 0 Å². The highest BCUT2D eigenvalue weighted by molar-refractivity contribution is 5.74. The molecule has 2 aromatic carbocycles. The molecule has 0 bridgehead atoms. The monoisotopic (exact) mass is 424 g/mol. The van der Waals surface area contributed by atoms with E-state index in [9.17, 15) is 18.0 Å². The highest BCUT2D eigenvalue weighted by Gasteiger charge is 2.34. The van der Waals surface area contributed by atoms with Crippen molar-refractivity contribution in [3.05, 3.63) is 52.6 Å². The lowest BCUT2D eigenvalue weighted by Gasteiger charge is -2.30. The second-order valence-corrected chi connectivity index (χ2v) is 6.83. The first-order chi connectivity index (χ1) is 14.3. The number of urea groups is 1. The third kappa shape index (κ3) is 4.55. The van der Waals surface area contributed by atoms with Crippen molar-refractivity contribution >= 4 is 6.03 Å². The van der Waals surface area contributed by atoms with Crippen LogP contribution in [0.25, 0.3) is 0 Å². The molecule has 6 nitrogen and oxygen atoms in total. The molecule has 0 saturated heterocycles. The molecule has 162 valence electrons. The summed E-state index contributed by atoms with van der Waals surface area (Å²) < 4.78 is 55.5. The minimum atomic E-state index is -4.55. The fourth-order valence-electron chi connectivity index (χ4n) is 3.44. The second kappa shape index (κ2) is 8.73. The van der Waals surface area contributed by atoms with Gasteiger partial charge >= 0.3 is 12.2 Å². The molecular formula is C21H23F3N2O4. The first-order valence-corrected chi connectivity index (χ1v) is 9.27. The molecule has 0 spiro atoms. The van der Waals surface area contributed by atoms with Crippen molar-refractivity contribution in [2.45, 2.75) is 25.7 Å². The van der Waals surface area contributed by atoms with Crippen molar-refractivity contribution in [3.63, 3.8) is 0 Å². The van der Waals surface area contributed by atoms with E-state index >= 15 is 0 Å². The minimum Gasteiger partial charge on any atom is -0.497 e. The molecular weight excluding hydrogens is 401 g/mol. The van der Waals surface area contributed by atoms with Gasteiger partial charge in [-0.15, -0.1) is 0 Å². The van der Waals surface area contributed by atoms with Crippen LogP contribution in [-0.2, 0) is 25.7 Å². The highest BCUT2D eigenvalue weighted by Crippen LogP contribution is 2.35. The van der Waals surface area contributed by atoms with Gasteiger partial charge in [0, 0.05) is 19.6 Å². The Morgan fingerprint density at radius 2 is 1.70 bits per heavy atom. The molecule has 2 aromatic rings. The molecule has 0 aliphatic carbocycles. The molecule has 1 N–H and O–H groups in total. The normalized spacial score (nSPS) is 13.5. The smallest absolute Gasteiger partial charge is 0.416 e. The maximum absolute atomic E-state index is 13.3. The lowest BCUT2D eigenvalue weighted by atomic mass is 9.99. The van der Waals surface area contributed by atoms with Crippen molar-refractivity contribution < 1.29 is 32.2 Å². The fraction of sp³-hybridized carbons (Fsp3) is 0.381. The van der Waals surface area contributed by atoms with Crippen LogP contribution < -0.4 is 19.5 Å². The van der Waals surface area contributed by atoms with Gasteiger partial charge < -0.3 is 24.4 Å². The largest absolute Gasteiger partial charge is 0.497 e. The number of hydrogen-bond acceptors (Lipinski definition) is 4. The maximum atomic E-state index is 13.3. The molecule has 30 heavy (non-hydrogen) atoms. The molecule has 1 aliphatic heterocycles. The summed E-state index contributed by atoms with van der Waals surface area (Å²) in [4.78, 5) is 14.2. The van der Waals surface area contributed by atoms with Gasteiger partial charge in [-0.2, -0.15) is 13.2 Å². The summed E-state index contributed by atoms with van der Waals surface area (Å²) in [6.45, 7) is 0.534. The molecule has 0 saturated carbocycles. The molecule has 9 heteroatoms. The number of nitrogens with one attached hydrogen (secondary N) is 1. The van der Waals surface area contributed by atoms with Crippen LogP contribution in [0, 0.1) is 0 Å². The summed E-state index contributed by atoms with van der Waals surface area (Å²) >= 11 is 0. The topological polar surface area (TPSA) is 60.0 Å². The Hall–Kier alpha value is -3.10. The molecule has 1 aliphatic rings. The Morgan fingerprint density at radius 3 is 2.30 bits per heavy atom. The molecule has 0 atom stereocenters. The molecule has 0 unspecified atom stereocenters. The average molecular weight is 424 g/mol. The van der Waals surface area contributed by atoms with Crippen LogP contribution in [0.4, 0.5) is 18.0 Å². The van der Waals surface area contributed by atoms with Gasteiger partial charge in [-0.25, -0.2) is 4.79 Å². The Kier molecular flexibility index (Phi) is 6.28. The number of ether oxygens (including phenoxy) is 3. The third-order valence-corrected chi connectivity index (χ3v) is 5.06. The van der Waals surface area contributed by atoms with Crippen LogP contribution in [0.5, 0.6) is 17.2 Å². The van der Waals surface area contributed by atoms with Crippen LogP contribution in [0.15, 0.2) is 30.3 Å². The number of hydrogen-bond donors (Lipinski definition) is 1. The van der Waals surface area contributed by atoms with Gasteiger partial charge in [0.2, 0.25) is 0 Å². The maximum Gasteiger partial charge on any atom is 0.416 e. The molecule has 2 amide bonds. The first-order valence-electron chi connectivity index (χ1n) is 9.27. The van der Waals surface area contributed by atoms with E-state index in [2.05, 4.69) is 5.32 Å². The Balaban J connectivity index is 1.71. The number of carbonyl (C=O) groups excluding carboxylic acids is 1. The number of rotatable bonds is 5. The first kappa shape index (κ1) is 21.6. The Labute approximate surface area is 172 Å². The highest BCUT2D eigenvalue weighted by atomic mass is 19.4. The van der Waals surface area contributed by atoms with Crippen LogP contribution in [0.1, 0.15) is 22.3 Å². The van der Waals surface area contributed by atoms with E-state index in [1.165, 1.54) is 26.4 Å².